The van der Waals surface area contributed by atoms with Crippen molar-refractivity contribution < 1.29 is 8.42 Å². The lowest BCUT2D eigenvalue weighted by atomic mass is 10.1. The SMILES string of the molecule is NC[C@H](NS(=O)(=O)Cc1cccc2cccnc12)C1CC1. The van der Waals surface area contributed by atoms with E-state index in [-0.39, 0.29) is 11.8 Å². The number of hydrogen-bond acceptors (Lipinski definition) is 4. The molecule has 0 amide bonds. The first kappa shape index (κ1) is 14.4. The number of pyridine rings is 1. The van der Waals surface area contributed by atoms with Crippen LogP contribution < -0.4 is 10.5 Å². The minimum atomic E-state index is -3.41. The van der Waals surface area contributed by atoms with Gasteiger partial charge < -0.3 is 5.73 Å². The molecule has 0 unspecified atom stereocenters. The normalized spacial score (nSPS) is 17.0. The van der Waals surface area contributed by atoms with Crippen LogP contribution in [0.5, 0.6) is 0 Å². The van der Waals surface area contributed by atoms with E-state index in [0.29, 0.717) is 18.0 Å². The number of sulfonamides is 1. The molecule has 1 aromatic heterocycles. The number of benzene rings is 1. The summed E-state index contributed by atoms with van der Waals surface area (Å²) in [5.74, 6) is 0.334. The molecule has 1 aromatic carbocycles. The molecule has 2 aromatic rings. The summed E-state index contributed by atoms with van der Waals surface area (Å²) in [7, 11) is -3.41. The van der Waals surface area contributed by atoms with Crippen LogP contribution in [0.4, 0.5) is 0 Å². The fraction of sp³-hybridized carbons (Fsp3) is 0.400. The molecule has 3 N–H and O–H groups in total. The standard InChI is InChI=1S/C15H19N3O2S/c16-9-14(11-6-7-11)18-21(19,20)10-13-4-1-3-12-5-2-8-17-15(12)13/h1-5,8,11,14,18H,6-7,9-10,16H2/t14-/m0/s1. The van der Waals surface area contributed by atoms with E-state index in [2.05, 4.69) is 9.71 Å². The number of para-hydroxylation sites is 1. The van der Waals surface area contributed by atoms with Crippen molar-refractivity contribution in [2.24, 2.45) is 11.7 Å². The number of fused-ring (bicyclic) bond motifs is 1. The Balaban J connectivity index is 1.83. The van der Waals surface area contributed by atoms with Gasteiger partial charge in [0.15, 0.2) is 0 Å². The predicted octanol–water partition coefficient (Wildman–Crippen LogP) is 1.39. The van der Waals surface area contributed by atoms with Gasteiger partial charge in [-0.1, -0.05) is 24.3 Å². The molecule has 1 aliphatic rings. The molecule has 1 atom stereocenters. The van der Waals surface area contributed by atoms with Gasteiger partial charge >= 0.3 is 0 Å². The lowest BCUT2D eigenvalue weighted by molar-refractivity contribution is 0.518. The maximum atomic E-state index is 12.4. The van der Waals surface area contributed by atoms with Crippen LogP contribution in [0.3, 0.4) is 0 Å². The van der Waals surface area contributed by atoms with Gasteiger partial charge in [0, 0.05) is 24.2 Å². The highest BCUT2D eigenvalue weighted by molar-refractivity contribution is 7.88. The van der Waals surface area contributed by atoms with Crippen molar-refractivity contribution in [3.8, 4) is 0 Å². The van der Waals surface area contributed by atoms with Gasteiger partial charge in [-0.15, -0.1) is 0 Å². The summed E-state index contributed by atoms with van der Waals surface area (Å²) in [5, 5.41) is 0.947. The van der Waals surface area contributed by atoms with E-state index in [4.69, 9.17) is 5.73 Å². The van der Waals surface area contributed by atoms with Crippen LogP contribution >= 0.6 is 0 Å². The van der Waals surface area contributed by atoms with Gasteiger partial charge in [0.05, 0.1) is 11.3 Å². The predicted molar refractivity (Wildman–Crippen MR) is 83.1 cm³/mol. The first-order valence-corrected chi connectivity index (χ1v) is 8.77. The molecule has 0 saturated heterocycles. The van der Waals surface area contributed by atoms with Crippen molar-refractivity contribution >= 4 is 20.9 Å². The van der Waals surface area contributed by atoms with Crippen molar-refractivity contribution in [3.05, 3.63) is 42.1 Å². The molecule has 1 heterocycles. The summed E-state index contributed by atoms with van der Waals surface area (Å²) < 4.78 is 27.4. The Morgan fingerprint density at radius 1 is 1.29 bits per heavy atom. The second-order valence-electron chi connectivity index (χ2n) is 5.55. The molecule has 1 fully saturated rings. The Morgan fingerprint density at radius 3 is 2.76 bits per heavy atom. The summed E-state index contributed by atoms with van der Waals surface area (Å²) in [6.45, 7) is 0.345. The van der Waals surface area contributed by atoms with Gasteiger partial charge in [0.2, 0.25) is 10.0 Å². The second-order valence-corrected chi connectivity index (χ2v) is 7.30. The molecule has 5 nitrogen and oxygen atoms in total. The highest BCUT2D eigenvalue weighted by Crippen LogP contribution is 2.32. The molecule has 0 aliphatic heterocycles. The minimum absolute atomic E-state index is 0.0649. The van der Waals surface area contributed by atoms with Crippen LogP contribution in [0.2, 0.25) is 0 Å². The first-order chi connectivity index (χ1) is 10.1. The lowest BCUT2D eigenvalue weighted by Crippen LogP contribution is -2.42. The smallest absolute Gasteiger partial charge is 0.216 e. The summed E-state index contributed by atoms with van der Waals surface area (Å²) in [4.78, 5) is 4.30. The van der Waals surface area contributed by atoms with Gasteiger partial charge in [-0.25, -0.2) is 13.1 Å². The fourth-order valence-electron chi connectivity index (χ4n) is 2.60. The number of rotatable bonds is 6. The van der Waals surface area contributed by atoms with Crippen LogP contribution in [0.15, 0.2) is 36.5 Å². The van der Waals surface area contributed by atoms with Gasteiger partial charge in [-0.2, -0.15) is 0 Å². The molecular weight excluding hydrogens is 286 g/mol. The van der Waals surface area contributed by atoms with E-state index in [9.17, 15) is 8.42 Å². The Morgan fingerprint density at radius 2 is 2.05 bits per heavy atom. The zero-order chi connectivity index (χ0) is 14.9. The Bertz CT molecular complexity index is 736. The van der Waals surface area contributed by atoms with E-state index in [1.54, 1.807) is 6.20 Å². The van der Waals surface area contributed by atoms with E-state index in [0.717, 1.165) is 23.7 Å². The Kier molecular flexibility index (Phi) is 3.93. The summed E-state index contributed by atoms with van der Waals surface area (Å²) in [6.07, 6.45) is 3.79. The monoisotopic (exact) mass is 305 g/mol. The Labute approximate surface area is 124 Å². The third kappa shape index (κ3) is 3.40. The van der Waals surface area contributed by atoms with Crippen LogP contribution in [0.25, 0.3) is 10.9 Å². The highest BCUT2D eigenvalue weighted by atomic mass is 32.2. The molecule has 0 radical (unpaired) electrons. The highest BCUT2D eigenvalue weighted by Gasteiger charge is 2.33. The van der Waals surface area contributed by atoms with Gasteiger partial charge in [0.1, 0.15) is 0 Å². The number of nitrogens with two attached hydrogens (primary N) is 1. The van der Waals surface area contributed by atoms with Gasteiger partial charge in [-0.05, 0) is 30.4 Å². The third-order valence-corrected chi connectivity index (χ3v) is 5.19. The zero-order valence-corrected chi connectivity index (χ0v) is 12.5. The lowest BCUT2D eigenvalue weighted by Gasteiger charge is -2.16. The van der Waals surface area contributed by atoms with Crippen LogP contribution in [0, 0.1) is 5.92 Å². The average molecular weight is 305 g/mol. The summed E-state index contributed by atoms with van der Waals surface area (Å²) in [6, 6.07) is 9.23. The largest absolute Gasteiger partial charge is 0.329 e. The molecule has 6 heteroatoms. The number of nitrogens with one attached hydrogen (secondary N) is 1. The van der Waals surface area contributed by atoms with Crippen LogP contribution in [-0.4, -0.2) is 26.0 Å². The van der Waals surface area contributed by atoms with Gasteiger partial charge in [0.25, 0.3) is 0 Å². The molecule has 1 aliphatic carbocycles. The third-order valence-electron chi connectivity index (χ3n) is 3.84. The topological polar surface area (TPSA) is 85.1 Å². The Hall–Kier alpha value is -1.50. The molecule has 3 rings (SSSR count). The van der Waals surface area contributed by atoms with Crippen molar-refractivity contribution in [2.45, 2.75) is 24.6 Å². The van der Waals surface area contributed by atoms with Crippen molar-refractivity contribution in [1.82, 2.24) is 9.71 Å². The maximum absolute atomic E-state index is 12.4. The van der Waals surface area contributed by atoms with Gasteiger partial charge in [-0.3, -0.25) is 4.98 Å². The number of nitrogens with zero attached hydrogens (tertiary/aromatic N) is 1. The fourth-order valence-corrected chi connectivity index (χ4v) is 4.07. The van der Waals surface area contributed by atoms with E-state index >= 15 is 0 Å². The first-order valence-electron chi connectivity index (χ1n) is 7.12. The van der Waals surface area contributed by atoms with Crippen LogP contribution in [0.1, 0.15) is 18.4 Å². The van der Waals surface area contributed by atoms with Crippen molar-refractivity contribution in [2.75, 3.05) is 6.54 Å². The molecule has 0 spiro atoms. The molecular formula is C15H19N3O2S. The molecule has 1 saturated carbocycles. The zero-order valence-electron chi connectivity index (χ0n) is 11.7. The van der Waals surface area contributed by atoms with E-state index in [1.165, 1.54) is 0 Å². The van der Waals surface area contributed by atoms with E-state index < -0.39 is 10.0 Å². The number of aromatic nitrogens is 1. The average Bonchev–Trinajstić information content (AvgIpc) is 3.29. The van der Waals surface area contributed by atoms with Crippen molar-refractivity contribution in [3.63, 3.8) is 0 Å². The molecule has 0 bridgehead atoms. The maximum Gasteiger partial charge on any atom is 0.216 e. The second kappa shape index (κ2) is 5.71. The van der Waals surface area contributed by atoms with E-state index in [1.807, 2.05) is 30.3 Å². The number of hydrogen-bond donors (Lipinski definition) is 2. The van der Waals surface area contributed by atoms with Crippen LogP contribution in [-0.2, 0) is 15.8 Å². The quantitative estimate of drug-likeness (QED) is 0.844. The summed E-state index contributed by atoms with van der Waals surface area (Å²) in [5.41, 5.74) is 7.12. The van der Waals surface area contributed by atoms with Crippen molar-refractivity contribution in [1.29, 1.82) is 0 Å². The summed E-state index contributed by atoms with van der Waals surface area (Å²) >= 11 is 0. The molecule has 112 valence electrons. The minimum Gasteiger partial charge on any atom is -0.329 e. The molecule has 21 heavy (non-hydrogen) atoms.